The van der Waals surface area contributed by atoms with Gasteiger partial charge in [0.25, 0.3) is 0 Å². The minimum absolute atomic E-state index is 0.106. The Labute approximate surface area is 124 Å². The van der Waals surface area contributed by atoms with Crippen LogP contribution >= 0.6 is 0 Å². The molecule has 2 aromatic rings. The number of carbonyl (C=O) groups is 1. The first-order valence-corrected chi connectivity index (χ1v) is 6.99. The fraction of sp³-hybridized carbons (Fsp3) is 0.235. The molecule has 0 aliphatic heterocycles. The second-order valence-electron chi connectivity index (χ2n) is 5.00. The molecular formula is C17H20N2O2. The van der Waals surface area contributed by atoms with Crippen LogP contribution < -0.4 is 11.1 Å². The molecule has 1 unspecified atom stereocenters. The number of phenols is 1. The molecule has 0 saturated heterocycles. The van der Waals surface area contributed by atoms with Gasteiger partial charge in [-0.1, -0.05) is 48.5 Å². The number of para-hydroxylation sites is 1. The first kappa shape index (κ1) is 15.1. The molecule has 2 aromatic carbocycles. The summed E-state index contributed by atoms with van der Waals surface area (Å²) in [6.45, 7) is 0.376. The monoisotopic (exact) mass is 284 g/mol. The highest BCUT2D eigenvalue weighted by Crippen LogP contribution is 2.16. The summed E-state index contributed by atoms with van der Waals surface area (Å²) in [6, 6.07) is 16.6. The largest absolute Gasteiger partial charge is 0.508 e. The van der Waals surface area contributed by atoms with Crippen LogP contribution in [0.2, 0.25) is 0 Å². The Morgan fingerprint density at radius 2 is 1.76 bits per heavy atom. The van der Waals surface area contributed by atoms with Crippen molar-refractivity contribution in [2.75, 3.05) is 6.54 Å². The minimum atomic E-state index is -0.136. The summed E-state index contributed by atoms with van der Waals surface area (Å²) >= 11 is 0. The lowest BCUT2D eigenvalue weighted by atomic mass is 10.1. The van der Waals surface area contributed by atoms with E-state index in [9.17, 15) is 9.90 Å². The van der Waals surface area contributed by atoms with E-state index in [4.69, 9.17) is 5.73 Å². The second kappa shape index (κ2) is 7.45. The molecule has 4 nitrogen and oxygen atoms in total. The highest BCUT2D eigenvalue weighted by Gasteiger charge is 2.13. The average molecular weight is 284 g/mol. The standard InChI is InChI=1S/C17H20N2O2/c18-12-15(10-13-6-2-1-3-7-13)19-17(21)11-14-8-4-5-9-16(14)20/h1-9,15,20H,10-12,18H2,(H,19,21). The van der Waals surface area contributed by atoms with E-state index >= 15 is 0 Å². The molecule has 1 amide bonds. The molecule has 110 valence electrons. The number of hydrogen-bond donors (Lipinski definition) is 3. The van der Waals surface area contributed by atoms with Gasteiger partial charge in [-0.3, -0.25) is 4.79 Å². The summed E-state index contributed by atoms with van der Waals surface area (Å²) < 4.78 is 0. The van der Waals surface area contributed by atoms with Crippen molar-refractivity contribution in [2.24, 2.45) is 5.73 Å². The summed E-state index contributed by atoms with van der Waals surface area (Å²) in [5, 5.41) is 12.6. The lowest BCUT2D eigenvalue weighted by Gasteiger charge is -2.17. The molecule has 0 spiro atoms. The number of aromatic hydroxyl groups is 1. The summed E-state index contributed by atoms with van der Waals surface area (Å²) in [5.41, 5.74) is 7.48. The third kappa shape index (κ3) is 4.61. The Hall–Kier alpha value is -2.33. The van der Waals surface area contributed by atoms with Crippen LogP contribution in [0.3, 0.4) is 0 Å². The number of phenolic OH excluding ortho intramolecular Hbond substituents is 1. The van der Waals surface area contributed by atoms with Crippen LogP contribution in [0.25, 0.3) is 0 Å². The van der Waals surface area contributed by atoms with Crippen molar-refractivity contribution < 1.29 is 9.90 Å². The zero-order chi connectivity index (χ0) is 15.1. The quantitative estimate of drug-likeness (QED) is 0.754. The Morgan fingerprint density at radius 3 is 2.43 bits per heavy atom. The molecule has 1 atom stereocenters. The summed E-state index contributed by atoms with van der Waals surface area (Å²) in [6.07, 6.45) is 0.849. The Bertz CT molecular complexity index is 584. The van der Waals surface area contributed by atoms with Gasteiger partial charge in [-0.15, -0.1) is 0 Å². The number of nitrogens with two attached hydrogens (primary N) is 1. The van der Waals surface area contributed by atoms with Crippen LogP contribution in [0.4, 0.5) is 0 Å². The first-order valence-electron chi connectivity index (χ1n) is 6.99. The van der Waals surface area contributed by atoms with Crippen molar-refractivity contribution in [3.05, 3.63) is 65.7 Å². The maximum absolute atomic E-state index is 12.0. The van der Waals surface area contributed by atoms with Crippen molar-refractivity contribution in [2.45, 2.75) is 18.9 Å². The van der Waals surface area contributed by atoms with E-state index in [1.807, 2.05) is 30.3 Å². The van der Waals surface area contributed by atoms with Gasteiger partial charge in [0, 0.05) is 18.2 Å². The SMILES string of the molecule is NCC(Cc1ccccc1)NC(=O)Cc1ccccc1O. The van der Waals surface area contributed by atoms with Crippen LogP contribution in [-0.2, 0) is 17.6 Å². The van der Waals surface area contributed by atoms with Crippen LogP contribution in [0.1, 0.15) is 11.1 Å². The van der Waals surface area contributed by atoms with E-state index in [-0.39, 0.29) is 24.1 Å². The molecule has 0 radical (unpaired) electrons. The fourth-order valence-electron chi connectivity index (χ4n) is 2.20. The molecule has 0 heterocycles. The lowest BCUT2D eigenvalue weighted by Crippen LogP contribution is -2.42. The van der Waals surface area contributed by atoms with Gasteiger partial charge >= 0.3 is 0 Å². The number of nitrogens with one attached hydrogen (secondary N) is 1. The van der Waals surface area contributed by atoms with Gasteiger partial charge in [-0.05, 0) is 18.1 Å². The van der Waals surface area contributed by atoms with Crippen molar-refractivity contribution >= 4 is 5.91 Å². The van der Waals surface area contributed by atoms with E-state index in [0.29, 0.717) is 18.5 Å². The smallest absolute Gasteiger partial charge is 0.224 e. The topological polar surface area (TPSA) is 75.3 Å². The van der Waals surface area contributed by atoms with Gasteiger partial charge in [0.2, 0.25) is 5.91 Å². The summed E-state index contributed by atoms with van der Waals surface area (Å²) in [7, 11) is 0. The van der Waals surface area contributed by atoms with Crippen molar-refractivity contribution in [1.29, 1.82) is 0 Å². The second-order valence-corrected chi connectivity index (χ2v) is 5.00. The first-order chi connectivity index (χ1) is 10.2. The molecule has 21 heavy (non-hydrogen) atoms. The Morgan fingerprint density at radius 1 is 1.10 bits per heavy atom. The summed E-state index contributed by atoms with van der Waals surface area (Å²) in [4.78, 5) is 12.0. The van der Waals surface area contributed by atoms with Gasteiger partial charge < -0.3 is 16.2 Å². The fourth-order valence-corrected chi connectivity index (χ4v) is 2.20. The molecule has 0 aromatic heterocycles. The molecule has 0 aliphatic rings. The maximum atomic E-state index is 12.0. The van der Waals surface area contributed by atoms with Crippen LogP contribution in [-0.4, -0.2) is 23.6 Å². The number of carbonyl (C=O) groups excluding carboxylic acids is 1. The minimum Gasteiger partial charge on any atom is -0.508 e. The third-order valence-electron chi connectivity index (χ3n) is 3.32. The van der Waals surface area contributed by atoms with Gasteiger partial charge in [0.15, 0.2) is 0 Å². The average Bonchev–Trinajstić information content (AvgIpc) is 2.50. The molecule has 4 heteroatoms. The zero-order valence-corrected chi connectivity index (χ0v) is 11.8. The van der Waals surface area contributed by atoms with E-state index in [2.05, 4.69) is 5.32 Å². The maximum Gasteiger partial charge on any atom is 0.224 e. The lowest BCUT2D eigenvalue weighted by molar-refractivity contribution is -0.121. The van der Waals surface area contributed by atoms with Crippen LogP contribution in [0.5, 0.6) is 5.75 Å². The number of rotatable bonds is 6. The van der Waals surface area contributed by atoms with Crippen molar-refractivity contribution in [1.82, 2.24) is 5.32 Å². The molecule has 2 rings (SSSR count). The number of amides is 1. The molecule has 0 saturated carbocycles. The van der Waals surface area contributed by atoms with Crippen LogP contribution in [0.15, 0.2) is 54.6 Å². The molecule has 4 N–H and O–H groups in total. The van der Waals surface area contributed by atoms with Crippen molar-refractivity contribution in [3.8, 4) is 5.75 Å². The number of benzene rings is 2. The normalized spacial score (nSPS) is 11.9. The van der Waals surface area contributed by atoms with E-state index in [0.717, 1.165) is 5.56 Å². The van der Waals surface area contributed by atoms with E-state index in [1.54, 1.807) is 24.3 Å². The van der Waals surface area contributed by atoms with Gasteiger partial charge in [0.05, 0.1) is 6.42 Å². The van der Waals surface area contributed by atoms with Gasteiger partial charge in [0.1, 0.15) is 5.75 Å². The van der Waals surface area contributed by atoms with Gasteiger partial charge in [-0.25, -0.2) is 0 Å². The van der Waals surface area contributed by atoms with Crippen molar-refractivity contribution in [3.63, 3.8) is 0 Å². The predicted molar refractivity (Wildman–Crippen MR) is 82.9 cm³/mol. The Kier molecular flexibility index (Phi) is 5.35. The molecule has 0 aliphatic carbocycles. The van der Waals surface area contributed by atoms with Crippen LogP contribution in [0, 0.1) is 0 Å². The van der Waals surface area contributed by atoms with E-state index in [1.165, 1.54) is 0 Å². The Balaban J connectivity index is 1.92. The summed E-state index contributed by atoms with van der Waals surface area (Å²) in [5.74, 6) is 0.00267. The predicted octanol–water partition coefficient (Wildman–Crippen LogP) is 1.62. The zero-order valence-electron chi connectivity index (χ0n) is 11.8. The number of hydrogen-bond acceptors (Lipinski definition) is 3. The van der Waals surface area contributed by atoms with Gasteiger partial charge in [-0.2, -0.15) is 0 Å². The van der Waals surface area contributed by atoms with E-state index < -0.39 is 0 Å². The highest BCUT2D eigenvalue weighted by molar-refractivity contribution is 5.79. The third-order valence-corrected chi connectivity index (χ3v) is 3.32. The molecule has 0 fully saturated rings. The molecule has 0 bridgehead atoms. The molecular weight excluding hydrogens is 264 g/mol. The highest BCUT2D eigenvalue weighted by atomic mass is 16.3.